The highest BCUT2D eigenvalue weighted by Gasteiger charge is 2.41. The molecule has 0 aliphatic carbocycles. The Kier molecular flexibility index (Phi) is 2.52. The molecule has 0 aromatic heterocycles. The molecule has 0 spiro atoms. The molecule has 1 fully saturated rings. The fraction of sp³-hybridized carbons (Fsp3) is 0.909. The summed E-state index contributed by atoms with van der Waals surface area (Å²) in [7, 11) is 0. The first-order valence-corrected chi connectivity index (χ1v) is 5.68. The third kappa shape index (κ3) is 1.44. The van der Waals surface area contributed by atoms with Gasteiger partial charge in [0.2, 0.25) is 0 Å². The van der Waals surface area contributed by atoms with Gasteiger partial charge in [-0.15, -0.1) is 0 Å². The fourth-order valence-corrected chi connectivity index (χ4v) is 2.86. The second-order valence-electron chi connectivity index (χ2n) is 4.84. The number of fused-ring (bicyclic) bond motifs is 1. The van der Waals surface area contributed by atoms with Crippen molar-refractivity contribution in [3.8, 4) is 0 Å². The van der Waals surface area contributed by atoms with Crippen molar-refractivity contribution in [2.45, 2.75) is 52.2 Å². The highest BCUT2D eigenvalue weighted by Crippen LogP contribution is 2.31. The molecule has 3 heteroatoms. The van der Waals surface area contributed by atoms with E-state index >= 15 is 0 Å². The van der Waals surface area contributed by atoms with E-state index < -0.39 is 0 Å². The van der Waals surface area contributed by atoms with E-state index in [4.69, 9.17) is 5.10 Å². The van der Waals surface area contributed by atoms with Gasteiger partial charge in [-0.2, -0.15) is 5.10 Å². The summed E-state index contributed by atoms with van der Waals surface area (Å²) in [6.45, 7) is 10.0. The molecule has 0 aromatic rings. The van der Waals surface area contributed by atoms with Gasteiger partial charge < -0.3 is 5.32 Å². The van der Waals surface area contributed by atoms with E-state index in [0.717, 1.165) is 6.54 Å². The van der Waals surface area contributed by atoms with Crippen LogP contribution in [0.5, 0.6) is 0 Å². The van der Waals surface area contributed by atoms with Crippen LogP contribution in [0.4, 0.5) is 0 Å². The molecule has 1 N–H and O–H groups in total. The average molecular weight is 195 g/mol. The van der Waals surface area contributed by atoms with Crippen molar-refractivity contribution in [2.24, 2.45) is 11.0 Å². The molecule has 0 saturated carbocycles. The van der Waals surface area contributed by atoms with Crippen LogP contribution in [0.15, 0.2) is 5.10 Å². The molecular weight excluding hydrogens is 174 g/mol. The standard InChI is InChI=1S/C11H21N3/c1-7(2)14-10-5-6-12-8(3)11(10)9(4)13-14/h7-8,10-12H,5-6H2,1-4H3/t8-,10?,11?/m1/s1. The molecule has 2 unspecified atom stereocenters. The zero-order chi connectivity index (χ0) is 10.3. The van der Waals surface area contributed by atoms with Crippen molar-refractivity contribution in [1.82, 2.24) is 10.3 Å². The van der Waals surface area contributed by atoms with Gasteiger partial charge in [-0.1, -0.05) is 0 Å². The second kappa shape index (κ2) is 3.54. The maximum absolute atomic E-state index is 4.69. The van der Waals surface area contributed by atoms with Crippen LogP contribution in [-0.4, -0.2) is 35.4 Å². The van der Waals surface area contributed by atoms with Crippen LogP contribution in [0.1, 0.15) is 34.1 Å². The molecular formula is C11H21N3. The fourth-order valence-electron chi connectivity index (χ4n) is 2.86. The lowest BCUT2D eigenvalue weighted by atomic mass is 9.84. The van der Waals surface area contributed by atoms with Gasteiger partial charge >= 0.3 is 0 Å². The van der Waals surface area contributed by atoms with Crippen LogP contribution in [-0.2, 0) is 0 Å². The van der Waals surface area contributed by atoms with Gasteiger partial charge in [-0.25, -0.2) is 0 Å². The molecule has 0 bridgehead atoms. The maximum Gasteiger partial charge on any atom is 0.0581 e. The van der Waals surface area contributed by atoms with E-state index in [1.807, 2.05) is 0 Å². The third-order valence-corrected chi connectivity index (χ3v) is 3.48. The van der Waals surface area contributed by atoms with Crippen LogP contribution >= 0.6 is 0 Å². The van der Waals surface area contributed by atoms with E-state index in [9.17, 15) is 0 Å². The summed E-state index contributed by atoms with van der Waals surface area (Å²) >= 11 is 0. The van der Waals surface area contributed by atoms with E-state index in [0.29, 0.717) is 24.0 Å². The number of nitrogens with one attached hydrogen (secondary N) is 1. The topological polar surface area (TPSA) is 27.6 Å². The molecule has 0 aromatic carbocycles. The minimum absolute atomic E-state index is 0.533. The molecule has 3 nitrogen and oxygen atoms in total. The van der Waals surface area contributed by atoms with Gasteiger partial charge in [0.15, 0.2) is 0 Å². The van der Waals surface area contributed by atoms with E-state index in [2.05, 4.69) is 38.0 Å². The molecule has 2 aliphatic heterocycles. The Balaban J connectivity index is 2.20. The van der Waals surface area contributed by atoms with Gasteiger partial charge in [-0.05, 0) is 40.7 Å². The molecule has 80 valence electrons. The summed E-state index contributed by atoms with van der Waals surface area (Å²) in [5.74, 6) is 0.631. The van der Waals surface area contributed by atoms with Gasteiger partial charge in [0.05, 0.1) is 6.04 Å². The van der Waals surface area contributed by atoms with Crippen LogP contribution in [0, 0.1) is 5.92 Å². The molecule has 2 aliphatic rings. The highest BCUT2D eigenvalue weighted by atomic mass is 15.5. The molecule has 3 atom stereocenters. The normalized spacial score (nSPS) is 37.4. The first kappa shape index (κ1) is 9.97. The Morgan fingerprint density at radius 2 is 2.21 bits per heavy atom. The molecule has 0 amide bonds. The minimum atomic E-state index is 0.533. The minimum Gasteiger partial charge on any atom is -0.313 e. The summed E-state index contributed by atoms with van der Waals surface area (Å²) in [5.41, 5.74) is 1.31. The summed E-state index contributed by atoms with van der Waals surface area (Å²) < 4.78 is 0. The largest absolute Gasteiger partial charge is 0.313 e. The summed E-state index contributed by atoms with van der Waals surface area (Å²) in [5, 5.41) is 10.5. The third-order valence-electron chi connectivity index (χ3n) is 3.48. The summed E-state index contributed by atoms with van der Waals surface area (Å²) in [4.78, 5) is 0. The van der Waals surface area contributed by atoms with Crippen LogP contribution in [0.2, 0.25) is 0 Å². The predicted molar refractivity (Wildman–Crippen MR) is 59.4 cm³/mol. The van der Waals surface area contributed by atoms with E-state index in [1.54, 1.807) is 0 Å². The molecule has 2 rings (SSSR count). The molecule has 14 heavy (non-hydrogen) atoms. The van der Waals surface area contributed by atoms with E-state index in [1.165, 1.54) is 12.1 Å². The Morgan fingerprint density at radius 3 is 2.86 bits per heavy atom. The number of piperidine rings is 1. The monoisotopic (exact) mass is 195 g/mol. The van der Waals surface area contributed by atoms with Crippen molar-refractivity contribution in [2.75, 3.05) is 6.54 Å². The lowest BCUT2D eigenvalue weighted by molar-refractivity contribution is 0.119. The SMILES string of the molecule is CC1=NN(C(C)C)C2CCN[C@H](C)C12. The first-order chi connectivity index (χ1) is 6.61. The van der Waals surface area contributed by atoms with Crippen molar-refractivity contribution >= 4 is 5.71 Å². The van der Waals surface area contributed by atoms with Crippen molar-refractivity contribution in [1.29, 1.82) is 0 Å². The zero-order valence-corrected chi connectivity index (χ0v) is 9.62. The Hall–Kier alpha value is -0.570. The van der Waals surface area contributed by atoms with Crippen LogP contribution in [0.3, 0.4) is 0 Å². The van der Waals surface area contributed by atoms with Crippen molar-refractivity contribution < 1.29 is 0 Å². The number of hydrogen-bond acceptors (Lipinski definition) is 3. The van der Waals surface area contributed by atoms with Gasteiger partial charge in [0, 0.05) is 23.7 Å². The van der Waals surface area contributed by atoms with Gasteiger partial charge in [0.25, 0.3) is 0 Å². The smallest absolute Gasteiger partial charge is 0.0581 e. The van der Waals surface area contributed by atoms with E-state index in [-0.39, 0.29) is 0 Å². The second-order valence-corrected chi connectivity index (χ2v) is 4.84. The quantitative estimate of drug-likeness (QED) is 0.686. The van der Waals surface area contributed by atoms with Crippen LogP contribution in [0.25, 0.3) is 0 Å². The van der Waals surface area contributed by atoms with Crippen molar-refractivity contribution in [3.05, 3.63) is 0 Å². The van der Waals surface area contributed by atoms with Crippen molar-refractivity contribution in [3.63, 3.8) is 0 Å². The molecule has 1 saturated heterocycles. The number of rotatable bonds is 1. The Morgan fingerprint density at radius 1 is 1.50 bits per heavy atom. The number of nitrogens with zero attached hydrogens (tertiary/aromatic N) is 2. The lowest BCUT2D eigenvalue weighted by Gasteiger charge is -2.37. The first-order valence-electron chi connectivity index (χ1n) is 5.68. The summed E-state index contributed by atoms with van der Waals surface area (Å²) in [6.07, 6.45) is 1.23. The lowest BCUT2D eigenvalue weighted by Crippen LogP contribution is -2.52. The van der Waals surface area contributed by atoms with Gasteiger partial charge in [-0.3, -0.25) is 5.01 Å². The Bertz CT molecular complexity index is 247. The Labute approximate surface area is 86.6 Å². The van der Waals surface area contributed by atoms with Crippen LogP contribution < -0.4 is 5.32 Å². The highest BCUT2D eigenvalue weighted by molar-refractivity contribution is 5.87. The zero-order valence-electron chi connectivity index (χ0n) is 9.62. The maximum atomic E-state index is 4.69. The summed E-state index contributed by atoms with van der Waals surface area (Å²) in [6, 6.07) is 1.76. The molecule has 0 radical (unpaired) electrons. The average Bonchev–Trinajstić information content (AvgIpc) is 2.45. The molecule has 2 heterocycles. The number of hydrazone groups is 1. The number of hydrogen-bond donors (Lipinski definition) is 1. The van der Waals surface area contributed by atoms with Gasteiger partial charge in [0.1, 0.15) is 0 Å². The predicted octanol–water partition coefficient (Wildman–Crippen LogP) is 1.45.